The van der Waals surface area contributed by atoms with Crippen molar-refractivity contribution < 1.29 is 9.90 Å². The van der Waals surface area contributed by atoms with Crippen LogP contribution >= 0.6 is 0 Å². The molecular weight excluding hydrogens is 368 g/mol. The van der Waals surface area contributed by atoms with E-state index in [1.165, 1.54) is 0 Å². The van der Waals surface area contributed by atoms with Crippen molar-refractivity contribution in [2.24, 2.45) is 16.7 Å². The predicted molar refractivity (Wildman–Crippen MR) is 121 cm³/mol. The van der Waals surface area contributed by atoms with Crippen molar-refractivity contribution in [3.8, 4) is 0 Å². The van der Waals surface area contributed by atoms with Crippen molar-refractivity contribution >= 4 is 16.9 Å². The van der Waals surface area contributed by atoms with E-state index in [9.17, 15) is 9.90 Å². The van der Waals surface area contributed by atoms with E-state index in [0.717, 1.165) is 27.8 Å². The van der Waals surface area contributed by atoms with Gasteiger partial charge in [-0.1, -0.05) is 91.0 Å². The van der Waals surface area contributed by atoms with E-state index in [2.05, 4.69) is 50.2 Å². The minimum Gasteiger partial charge on any atom is -0.396 e. The summed E-state index contributed by atoms with van der Waals surface area (Å²) in [4.78, 5) is 14.2. The number of benzene rings is 3. The van der Waals surface area contributed by atoms with Gasteiger partial charge < -0.3 is 5.11 Å². The third-order valence-electron chi connectivity index (χ3n) is 7.48. The second kappa shape index (κ2) is 6.78. The molecule has 0 aliphatic heterocycles. The van der Waals surface area contributed by atoms with E-state index >= 15 is 0 Å². The molecule has 5 rings (SSSR count). The molecule has 1 saturated carbocycles. The summed E-state index contributed by atoms with van der Waals surface area (Å²) in [5, 5.41) is 10.6. The number of aliphatic hydroxyl groups excluding tert-OH is 1. The van der Waals surface area contributed by atoms with Crippen molar-refractivity contribution in [1.29, 1.82) is 0 Å². The van der Waals surface area contributed by atoms with Gasteiger partial charge in [-0.2, -0.15) is 0 Å². The average molecular weight is 395 g/mol. The molecule has 0 spiro atoms. The van der Waals surface area contributed by atoms with Crippen LogP contribution in [0.4, 0.5) is 0 Å². The molecule has 0 unspecified atom stereocenters. The highest BCUT2D eigenvalue weighted by Crippen LogP contribution is 2.73. The molecule has 150 valence electrons. The molecule has 2 heteroatoms. The molecule has 3 aromatic carbocycles. The van der Waals surface area contributed by atoms with Crippen molar-refractivity contribution in [2.45, 2.75) is 19.8 Å². The van der Waals surface area contributed by atoms with Crippen molar-refractivity contribution in [1.82, 2.24) is 0 Å². The Bertz CT molecular complexity index is 1120. The van der Waals surface area contributed by atoms with E-state index in [0.29, 0.717) is 0 Å². The Labute approximate surface area is 177 Å². The maximum Gasteiger partial charge on any atom is 0.154 e. The largest absolute Gasteiger partial charge is 0.396 e. The molecule has 2 bridgehead atoms. The fraction of sp³-hybridized carbons (Fsp3) is 0.250. The minimum atomic E-state index is -0.740. The number of hydrogen-bond acceptors (Lipinski definition) is 2. The lowest BCUT2D eigenvalue weighted by Gasteiger charge is -2.41. The fourth-order valence-corrected chi connectivity index (χ4v) is 6.28. The number of aliphatic hydroxyl groups is 1. The summed E-state index contributed by atoms with van der Waals surface area (Å²) in [6, 6.07) is 30.8. The molecule has 0 radical (unpaired) electrons. The van der Waals surface area contributed by atoms with Gasteiger partial charge in [0.25, 0.3) is 0 Å². The number of carbonyl (C=O) groups is 1. The molecule has 0 heterocycles. The Morgan fingerprint density at radius 3 is 1.60 bits per heavy atom. The van der Waals surface area contributed by atoms with Crippen LogP contribution in [0.5, 0.6) is 0 Å². The first kappa shape index (κ1) is 19.0. The first-order valence-corrected chi connectivity index (χ1v) is 10.6. The molecule has 1 fully saturated rings. The average Bonchev–Trinajstić information content (AvgIpc) is 3.09. The van der Waals surface area contributed by atoms with E-state index in [4.69, 9.17) is 0 Å². The molecule has 2 aliphatic rings. The van der Waals surface area contributed by atoms with Gasteiger partial charge in [-0.15, -0.1) is 0 Å². The Hall–Kier alpha value is -2.97. The summed E-state index contributed by atoms with van der Waals surface area (Å²) in [6.07, 6.45) is 0. The maximum atomic E-state index is 14.2. The van der Waals surface area contributed by atoms with Gasteiger partial charge in [-0.3, -0.25) is 4.79 Å². The zero-order valence-electron chi connectivity index (χ0n) is 17.4. The second-order valence-electron chi connectivity index (χ2n) is 8.89. The summed E-state index contributed by atoms with van der Waals surface area (Å²) in [6.45, 7) is 4.13. The van der Waals surface area contributed by atoms with E-state index < -0.39 is 10.8 Å². The summed E-state index contributed by atoms with van der Waals surface area (Å²) in [7, 11) is 0. The van der Waals surface area contributed by atoms with Crippen LogP contribution < -0.4 is 0 Å². The van der Waals surface area contributed by atoms with Crippen LogP contribution in [0.2, 0.25) is 0 Å². The molecule has 1 N–H and O–H groups in total. The van der Waals surface area contributed by atoms with Gasteiger partial charge >= 0.3 is 0 Å². The molecule has 0 saturated heterocycles. The molecule has 4 atom stereocenters. The SMILES string of the molecule is C[C@@]12C(=O)[C@@](C)(C(c3ccccc3)=C1c1ccccc1)[C@@H](c1ccccc1)[C@@H]2CO. The van der Waals surface area contributed by atoms with Crippen molar-refractivity contribution in [2.75, 3.05) is 6.61 Å². The van der Waals surface area contributed by atoms with Gasteiger partial charge in [0.1, 0.15) is 0 Å². The van der Waals surface area contributed by atoms with Gasteiger partial charge in [-0.25, -0.2) is 0 Å². The number of fused-ring (bicyclic) bond motifs is 2. The lowest BCUT2D eigenvalue weighted by molar-refractivity contribution is -0.127. The van der Waals surface area contributed by atoms with Gasteiger partial charge in [0, 0.05) is 18.4 Å². The number of allylic oxidation sites excluding steroid dienone is 2. The first-order valence-electron chi connectivity index (χ1n) is 10.6. The Kier molecular flexibility index (Phi) is 4.30. The highest BCUT2D eigenvalue weighted by molar-refractivity contribution is 6.23. The predicted octanol–water partition coefficient (Wildman–Crippen LogP) is 5.60. The maximum absolute atomic E-state index is 14.2. The lowest BCUT2D eigenvalue weighted by Crippen LogP contribution is -2.34. The summed E-state index contributed by atoms with van der Waals surface area (Å²) < 4.78 is 0. The van der Waals surface area contributed by atoms with Gasteiger partial charge in [0.2, 0.25) is 0 Å². The van der Waals surface area contributed by atoms with Crippen LogP contribution in [-0.4, -0.2) is 17.5 Å². The van der Waals surface area contributed by atoms with E-state index in [-0.39, 0.29) is 24.2 Å². The molecule has 0 aromatic heterocycles. The molecule has 0 amide bonds. The molecule has 3 aromatic rings. The van der Waals surface area contributed by atoms with Crippen LogP contribution in [0.15, 0.2) is 91.0 Å². The zero-order chi connectivity index (χ0) is 20.9. The van der Waals surface area contributed by atoms with E-state index in [1.54, 1.807) is 0 Å². The molecule has 2 nitrogen and oxygen atoms in total. The molecular formula is C28H26O2. The Morgan fingerprint density at radius 1 is 0.700 bits per heavy atom. The molecule has 2 aliphatic carbocycles. The topological polar surface area (TPSA) is 37.3 Å². The normalized spacial score (nSPS) is 30.2. The quantitative estimate of drug-likeness (QED) is 0.625. The smallest absolute Gasteiger partial charge is 0.154 e. The Morgan fingerprint density at radius 2 is 1.13 bits per heavy atom. The summed E-state index contributed by atoms with van der Waals surface area (Å²) >= 11 is 0. The van der Waals surface area contributed by atoms with Gasteiger partial charge in [-0.05, 0) is 41.7 Å². The minimum absolute atomic E-state index is 0.0181. The lowest BCUT2D eigenvalue weighted by atomic mass is 9.60. The van der Waals surface area contributed by atoms with Crippen molar-refractivity contribution in [3.05, 3.63) is 108 Å². The second-order valence-corrected chi connectivity index (χ2v) is 8.89. The number of hydrogen-bond donors (Lipinski definition) is 1. The Balaban J connectivity index is 1.87. The number of Topliss-reactive ketones (excluding diaryl/α,β-unsaturated/α-hetero) is 1. The third kappa shape index (κ3) is 2.31. The van der Waals surface area contributed by atoms with Crippen molar-refractivity contribution in [3.63, 3.8) is 0 Å². The number of rotatable bonds is 4. The highest BCUT2D eigenvalue weighted by Gasteiger charge is 2.71. The van der Waals surface area contributed by atoms with Crippen LogP contribution in [-0.2, 0) is 4.79 Å². The van der Waals surface area contributed by atoms with Crippen LogP contribution in [0.1, 0.15) is 36.5 Å². The standard InChI is InChI=1S/C28H26O2/c1-27-22(18-29)23(19-12-6-3-7-13-19)28(2,26(27)30)25(21-16-10-5-11-17-21)24(27)20-14-8-4-9-15-20/h3-17,22-23,29H,18H2,1-2H3/t22-,23-,27-,28+/m0/s1. The number of ketones is 1. The molecule has 30 heavy (non-hydrogen) atoms. The van der Waals surface area contributed by atoms with Crippen LogP contribution in [0, 0.1) is 16.7 Å². The summed E-state index contributed by atoms with van der Waals surface area (Å²) in [5.41, 5.74) is 4.03. The van der Waals surface area contributed by atoms with Crippen LogP contribution in [0.3, 0.4) is 0 Å². The van der Waals surface area contributed by atoms with Gasteiger partial charge in [0.05, 0.1) is 10.8 Å². The zero-order valence-corrected chi connectivity index (χ0v) is 17.4. The van der Waals surface area contributed by atoms with Crippen LogP contribution in [0.25, 0.3) is 11.1 Å². The van der Waals surface area contributed by atoms with E-state index in [1.807, 2.05) is 54.6 Å². The third-order valence-corrected chi connectivity index (χ3v) is 7.48. The fourth-order valence-electron chi connectivity index (χ4n) is 6.28. The van der Waals surface area contributed by atoms with Gasteiger partial charge in [0.15, 0.2) is 5.78 Å². The number of carbonyl (C=O) groups excluding carboxylic acids is 1. The highest BCUT2D eigenvalue weighted by atomic mass is 16.3. The summed E-state index contributed by atoms with van der Waals surface area (Å²) in [5.74, 6) is -0.00968. The monoisotopic (exact) mass is 394 g/mol. The first-order chi connectivity index (χ1) is 14.5.